The van der Waals surface area contributed by atoms with E-state index in [4.69, 9.17) is 0 Å². The number of hydrogen-bond acceptors (Lipinski definition) is 0. The molecule has 0 aromatic rings. The summed E-state index contributed by atoms with van der Waals surface area (Å²) in [6.07, 6.45) is 0. The van der Waals surface area contributed by atoms with Crippen LogP contribution in [-0.2, 0) is 0 Å². The summed E-state index contributed by atoms with van der Waals surface area (Å²) in [5.74, 6) is 0. The molecule has 0 saturated heterocycles. The van der Waals surface area contributed by atoms with Crippen molar-refractivity contribution < 1.29 is 85.7 Å². The Hall–Kier alpha value is 2.65. The minimum absolute atomic E-state index is 0. The SMILES string of the molecule is [I-].[I-].[Li+].[Li+]. The number of hydrogen-bond donors (Lipinski definition) is 0. The molecule has 0 aromatic carbocycles. The Kier molecular flexibility index (Phi) is 131. The summed E-state index contributed by atoms with van der Waals surface area (Å²) in [6.45, 7) is 0. The summed E-state index contributed by atoms with van der Waals surface area (Å²) in [5, 5.41) is 0. The van der Waals surface area contributed by atoms with E-state index in [0.29, 0.717) is 0 Å². The molecule has 0 rings (SSSR count). The smallest absolute Gasteiger partial charge is 1.00 e. The van der Waals surface area contributed by atoms with Crippen molar-refractivity contribution >= 4 is 0 Å². The van der Waals surface area contributed by atoms with Crippen molar-refractivity contribution in [3.05, 3.63) is 0 Å². The van der Waals surface area contributed by atoms with E-state index in [-0.39, 0.29) is 85.7 Å². The van der Waals surface area contributed by atoms with Crippen LogP contribution in [0.4, 0.5) is 0 Å². The maximum absolute atomic E-state index is 0. The molecule has 4 heteroatoms. The molecular weight excluding hydrogens is 268 g/mol. The Morgan fingerprint density at radius 1 is 0.500 bits per heavy atom. The summed E-state index contributed by atoms with van der Waals surface area (Å²) in [5.41, 5.74) is 0. The fourth-order valence-electron chi connectivity index (χ4n) is 0. The van der Waals surface area contributed by atoms with Crippen LogP contribution >= 0.6 is 0 Å². The van der Waals surface area contributed by atoms with E-state index in [0.717, 1.165) is 0 Å². The Morgan fingerprint density at radius 3 is 0.500 bits per heavy atom. The van der Waals surface area contributed by atoms with E-state index in [2.05, 4.69) is 0 Å². The molecule has 0 bridgehead atoms. The summed E-state index contributed by atoms with van der Waals surface area (Å²) in [6, 6.07) is 0. The third kappa shape index (κ3) is 8.82. The quantitative estimate of drug-likeness (QED) is 0.302. The molecule has 0 fully saturated rings. The Bertz CT molecular complexity index is 4.00. The second kappa shape index (κ2) is 17.4. The van der Waals surface area contributed by atoms with Gasteiger partial charge in [-0.15, -0.1) is 0 Å². The molecule has 0 aliphatic rings. The molecule has 0 saturated carbocycles. The van der Waals surface area contributed by atoms with Gasteiger partial charge in [0.1, 0.15) is 0 Å². The zero-order valence-electron chi connectivity index (χ0n) is 2.76. The third-order valence-corrected chi connectivity index (χ3v) is 0. The van der Waals surface area contributed by atoms with Gasteiger partial charge in [-0.2, -0.15) is 0 Å². The minimum atomic E-state index is 0. The van der Waals surface area contributed by atoms with E-state index < -0.39 is 0 Å². The maximum atomic E-state index is 0. The van der Waals surface area contributed by atoms with Gasteiger partial charge in [0.25, 0.3) is 0 Å². The van der Waals surface area contributed by atoms with E-state index in [9.17, 15) is 0 Å². The number of rotatable bonds is 0. The molecule has 0 nitrogen and oxygen atoms in total. The largest absolute Gasteiger partial charge is 1.00 e. The van der Waals surface area contributed by atoms with Gasteiger partial charge >= 0.3 is 37.7 Å². The van der Waals surface area contributed by atoms with E-state index in [1.165, 1.54) is 0 Å². The summed E-state index contributed by atoms with van der Waals surface area (Å²) in [4.78, 5) is 0. The van der Waals surface area contributed by atoms with Crippen molar-refractivity contribution in [1.82, 2.24) is 0 Å². The van der Waals surface area contributed by atoms with Crippen LogP contribution in [0.3, 0.4) is 0 Å². The first-order chi connectivity index (χ1) is 0. The predicted octanol–water partition coefficient (Wildman–Crippen LogP) is -12.0. The molecule has 0 N–H and O–H groups in total. The van der Waals surface area contributed by atoms with Gasteiger partial charge in [-0.05, 0) is 0 Å². The van der Waals surface area contributed by atoms with Gasteiger partial charge in [0.15, 0.2) is 0 Å². The van der Waals surface area contributed by atoms with E-state index in [1.54, 1.807) is 0 Å². The molecule has 0 heterocycles. The molecule has 0 unspecified atom stereocenters. The second-order valence-corrected chi connectivity index (χ2v) is 0. The van der Waals surface area contributed by atoms with Crippen LogP contribution in [0.2, 0.25) is 0 Å². The summed E-state index contributed by atoms with van der Waals surface area (Å²) < 4.78 is 0. The van der Waals surface area contributed by atoms with Crippen LogP contribution < -0.4 is 85.7 Å². The molecule has 0 amide bonds. The molecule has 0 radical (unpaired) electrons. The second-order valence-electron chi connectivity index (χ2n) is 0. The van der Waals surface area contributed by atoms with Gasteiger partial charge in [0.2, 0.25) is 0 Å². The van der Waals surface area contributed by atoms with Crippen molar-refractivity contribution in [3.63, 3.8) is 0 Å². The predicted molar refractivity (Wildman–Crippen MR) is 0 cm³/mol. The van der Waals surface area contributed by atoms with Crippen molar-refractivity contribution in [2.75, 3.05) is 0 Å². The van der Waals surface area contributed by atoms with Gasteiger partial charge in [0.05, 0.1) is 0 Å². The minimum Gasteiger partial charge on any atom is -1.00 e. The Balaban J connectivity index is 0. The zero-order valence-corrected chi connectivity index (χ0v) is 7.07. The normalized spacial score (nSPS) is 0. The number of halogens is 2. The fourth-order valence-corrected chi connectivity index (χ4v) is 0. The van der Waals surface area contributed by atoms with Gasteiger partial charge in [-0.25, -0.2) is 0 Å². The van der Waals surface area contributed by atoms with Crippen LogP contribution in [0.15, 0.2) is 0 Å². The van der Waals surface area contributed by atoms with Crippen molar-refractivity contribution in [1.29, 1.82) is 0 Å². The van der Waals surface area contributed by atoms with Crippen LogP contribution in [0, 0.1) is 0 Å². The topological polar surface area (TPSA) is 0 Å². The molecule has 16 valence electrons. The van der Waals surface area contributed by atoms with E-state index >= 15 is 0 Å². The first kappa shape index (κ1) is 30.2. The van der Waals surface area contributed by atoms with Crippen molar-refractivity contribution in [3.8, 4) is 0 Å². The molecule has 0 aromatic heterocycles. The van der Waals surface area contributed by atoms with Crippen LogP contribution in [0.5, 0.6) is 0 Å². The zero-order chi connectivity index (χ0) is 0. The third-order valence-electron chi connectivity index (χ3n) is 0. The van der Waals surface area contributed by atoms with Gasteiger partial charge in [-0.3, -0.25) is 0 Å². The van der Waals surface area contributed by atoms with Crippen molar-refractivity contribution in [2.24, 2.45) is 0 Å². The molecule has 0 atom stereocenters. The standard InChI is InChI=1S/2HI.2Li/h2*1H;;/q;;2*+1/p-2. The van der Waals surface area contributed by atoms with Crippen LogP contribution in [0.1, 0.15) is 0 Å². The van der Waals surface area contributed by atoms with Gasteiger partial charge < -0.3 is 48.0 Å². The first-order valence-corrected chi connectivity index (χ1v) is 0. The maximum Gasteiger partial charge on any atom is 1.00 e. The molecule has 0 aliphatic carbocycles. The molecular formula is I2Li2. The summed E-state index contributed by atoms with van der Waals surface area (Å²) >= 11 is 0. The van der Waals surface area contributed by atoms with E-state index in [1.807, 2.05) is 0 Å². The fraction of sp³-hybridized carbons (Fsp3) is 0. The molecule has 0 spiro atoms. The van der Waals surface area contributed by atoms with Gasteiger partial charge in [0, 0.05) is 0 Å². The van der Waals surface area contributed by atoms with Crippen LogP contribution in [-0.4, -0.2) is 0 Å². The first-order valence-electron chi connectivity index (χ1n) is 0. The average molecular weight is 268 g/mol. The molecule has 4 heavy (non-hydrogen) atoms. The van der Waals surface area contributed by atoms with Crippen LogP contribution in [0.25, 0.3) is 0 Å². The molecule has 0 aliphatic heterocycles. The van der Waals surface area contributed by atoms with Gasteiger partial charge in [-0.1, -0.05) is 0 Å². The Morgan fingerprint density at radius 2 is 0.500 bits per heavy atom. The monoisotopic (exact) mass is 268 g/mol. The van der Waals surface area contributed by atoms with Crippen molar-refractivity contribution in [2.45, 2.75) is 0 Å². The average Bonchev–Trinajstić information content (AvgIpc) is 0. The summed E-state index contributed by atoms with van der Waals surface area (Å²) in [7, 11) is 0. The Labute approximate surface area is 84.3 Å².